The Morgan fingerprint density at radius 3 is 2.18 bits per heavy atom. The van der Waals surface area contributed by atoms with Crippen molar-refractivity contribution in [1.82, 2.24) is 19.9 Å². The minimum Gasteiger partial charge on any atom is -0.497 e. The van der Waals surface area contributed by atoms with Gasteiger partial charge >= 0.3 is 0 Å². The number of pyridine rings is 1. The van der Waals surface area contributed by atoms with Crippen LogP contribution in [-0.2, 0) is 39.1 Å². The van der Waals surface area contributed by atoms with E-state index in [4.69, 9.17) is 4.74 Å². The van der Waals surface area contributed by atoms with E-state index >= 15 is 0 Å². The minimum absolute atomic E-state index is 0.0217. The molecule has 2 N–H and O–H groups in total. The number of benzene rings is 3. The number of nitrogens with zero attached hydrogens (tertiary/aromatic N) is 2. The van der Waals surface area contributed by atoms with Crippen LogP contribution in [0.2, 0.25) is 0 Å². The summed E-state index contributed by atoms with van der Waals surface area (Å²) in [6.45, 7) is 0.495. The van der Waals surface area contributed by atoms with E-state index in [1.54, 1.807) is 48.7 Å². The van der Waals surface area contributed by atoms with Gasteiger partial charge in [0.25, 0.3) is 0 Å². The number of aromatic nitrogens is 1. The number of sulfonamides is 1. The molecule has 0 aliphatic heterocycles. The maximum absolute atomic E-state index is 14.0. The molecule has 44 heavy (non-hydrogen) atoms. The van der Waals surface area contributed by atoms with E-state index in [2.05, 4.69) is 15.0 Å². The van der Waals surface area contributed by atoms with Gasteiger partial charge in [-0.1, -0.05) is 54.6 Å². The first-order valence-electron chi connectivity index (χ1n) is 14.6. The third-order valence-corrected chi connectivity index (χ3v) is 9.02. The Labute approximate surface area is 258 Å². The SMILES string of the molecule is COc1ccc(CN(C(=O)CCc2ccc(S(=O)(=O)NC3CC3)cc2)[C@H](C(=O)NCc2ccncc2)c2ccccc2)cc1. The Kier molecular flexibility index (Phi) is 10.0. The Bertz CT molecular complexity index is 1640. The molecule has 2 amide bonds. The maximum Gasteiger partial charge on any atom is 0.247 e. The molecular formula is C34H36N4O5S. The number of methoxy groups -OCH3 is 1. The second-order valence-corrected chi connectivity index (χ2v) is 12.5. The molecule has 1 aliphatic carbocycles. The lowest BCUT2D eigenvalue weighted by atomic mass is 10.0. The fraction of sp³-hybridized carbons (Fsp3) is 0.265. The molecule has 0 saturated heterocycles. The Morgan fingerprint density at radius 1 is 0.886 bits per heavy atom. The van der Waals surface area contributed by atoms with Crippen LogP contribution in [0.15, 0.2) is 108 Å². The van der Waals surface area contributed by atoms with Crippen molar-refractivity contribution in [2.75, 3.05) is 7.11 Å². The number of amides is 2. The number of hydrogen-bond acceptors (Lipinski definition) is 6. The molecule has 228 valence electrons. The predicted octanol–water partition coefficient (Wildman–Crippen LogP) is 4.55. The molecule has 5 rings (SSSR count). The lowest BCUT2D eigenvalue weighted by Crippen LogP contribution is -2.43. The van der Waals surface area contributed by atoms with E-state index in [9.17, 15) is 18.0 Å². The zero-order valence-corrected chi connectivity index (χ0v) is 25.4. The molecule has 1 saturated carbocycles. The van der Waals surface area contributed by atoms with E-state index in [1.165, 1.54) is 0 Å². The van der Waals surface area contributed by atoms with Crippen molar-refractivity contribution in [3.8, 4) is 5.75 Å². The standard InChI is InChI=1S/C34H36N4O5S/c1-43-30-14-7-27(8-15-30)24-38(32(39)18-11-25-9-16-31(17-10-25)44(41,42)37-29-12-13-29)33(28-5-3-2-4-6-28)34(40)36-23-26-19-21-35-22-20-26/h2-10,14-17,19-22,29,33,37H,11-13,18,23-24H2,1H3,(H,36,40)/t33-/m0/s1. The van der Waals surface area contributed by atoms with Crippen LogP contribution in [-0.4, -0.2) is 43.3 Å². The summed E-state index contributed by atoms with van der Waals surface area (Å²) in [7, 11) is -1.96. The van der Waals surface area contributed by atoms with Gasteiger partial charge < -0.3 is 15.0 Å². The second kappa shape index (κ2) is 14.3. The molecule has 1 fully saturated rings. The van der Waals surface area contributed by atoms with Crippen LogP contribution in [0.1, 0.15) is 47.6 Å². The van der Waals surface area contributed by atoms with Gasteiger partial charge in [-0.05, 0) is 77.9 Å². The van der Waals surface area contributed by atoms with Gasteiger partial charge in [0.05, 0.1) is 12.0 Å². The third kappa shape index (κ3) is 8.30. The fourth-order valence-electron chi connectivity index (χ4n) is 4.86. The topological polar surface area (TPSA) is 118 Å². The van der Waals surface area contributed by atoms with Crippen LogP contribution >= 0.6 is 0 Å². The normalized spacial score (nSPS) is 13.6. The quantitative estimate of drug-likeness (QED) is 0.216. The number of carbonyl (C=O) groups is 2. The van der Waals surface area contributed by atoms with E-state index in [0.717, 1.165) is 29.5 Å². The highest BCUT2D eigenvalue weighted by Gasteiger charge is 2.31. The largest absolute Gasteiger partial charge is 0.497 e. The van der Waals surface area contributed by atoms with Gasteiger partial charge in [-0.2, -0.15) is 0 Å². The van der Waals surface area contributed by atoms with Gasteiger partial charge in [0.2, 0.25) is 21.8 Å². The zero-order chi connectivity index (χ0) is 30.9. The molecule has 1 aromatic heterocycles. The van der Waals surface area contributed by atoms with Gasteiger partial charge in [0.15, 0.2) is 0 Å². The number of aryl methyl sites for hydroxylation is 1. The van der Waals surface area contributed by atoms with Crippen LogP contribution < -0.4 is 14.8 Å². The van der Waals surface area contributed by atoms with Crippen molar-refractivity contribution in [2.24, 2.45) is 0 Å². The van der Waals surface area contributed by atoms with Crippen molar-refractivity contribution in [3.63, 3.8) is 0 Å². The second-order valence-electron chi connectivity index (χ2n) is 10.8. The highest BCUT2D eigenvalue weighted by Crippen LogP contribution is 2.27. The highest BCUT2D eigenvalue weighted by atomic mass is 32.2. The zero-order valence-electron chi connectivity index (χ0n) is 24.6. The first-order valence-corrected chi connectivity index (χ1v) is 16.1. The van der Waals surface area contributed by atoms with Gasteiger partial charge in [-0.15, -0.1) is 0 Å². The smallest absolute Gasteiger partial charge is 0.247 e. The lowest BCUT2D eigenvalue weighted by molar-refractivity contribution is -0.141. The summed E-state index contributed by atoms with van der Waals surface area (Å²) in [5.74, 6) is 0.188. The van der Waals surface area contributed by atoms with Crippen LogP contribution in [0.3, 0.4) is 0 Å². The van der Waals surface area contributed by atoms with Crippen molar-refractivity contribution in [3.05, 3.63) is 126 Å². The van der Waals surface area contributed by atoms with Crippen molar-refractivity contribution in [1.29, 1.82) is 0 Å². The molecule has 0 spiro atoms. The number of hydrogen-bond donors (Lipinski definition) is 2. The first kappa shape index (κ1) is 30.9. The summed E-state index contributed by atoms with van der Waals surface area (Å²) in [6, 6.07) is 26.1. The van der Waals surface area contributed by atoms with Gasteiger partial charge in [-0.3, -0.25) is 14.6 Å². The number of nitrogens with one attached hydrogen (secondary N) is 2. The summed E-state index contributed by atoms with van der Waals surface area (Å²) >= 11 is 0. The van der Waals surface area contributed by atoms with E-state index < -0.39 is 16.1 Å². The molecule has 10 heteroatoms. The Balaban J connectivity index is 1.37. The predicted molar refractivity (Wildman–Crippen MR) is 167 cm³/mol. The average Bonchev–Trinajstić information content (AvgIpc) is 3.87. The van der Waals surface area contributed by atoms with Gasteiger partial charge in [-0.25, -0.2) is 13.1 Å². The van der Waals surface area contributed by atoms with Crippen molar-refractivity contribution < 1.29 is 22.7 Å². The van der Waals surface area contributed by atoms with Crippen molar-refractivity contribution in [2.45, 2.75) is 55.8 Å². The molecule has 0 bridgehead atoms. The monoisotopic (exact) mass is 612 g/mol. The molecular weight excluding hydrogens is 576 g/mol. The molecule has 4 aromatic rings. The van der Waals surface area contributed by atoms with E-state index in [0.29, 0.717) is 24.3 Å². The lowest BCUT2D eigenvalue weighted by Gasteiger charge is -2.32. The number of rotatable bonds is 14. The van der Waals surface area contributed by atoms with Gasteiger partial charge in [0.1, 0.15) is 11.8 Å². The fourth-order valence-corrected chi connectivity index (χ4v) is 6.17. The molecule has 0 unspecified atom stereocenters. The van der Waals surface area contributed by atoms with E-state index in [1.807, 2.05) is 66.7 Å². The highest BCUT2D eigenvalue weighted by molar-refractivity contribution is 7.89. The third-order valence-electron chi connectivity index (χ3n) is 7.48. The molecule has 9 nitrogen and oxygen atoms in total. The summed E-state index contributed by atoms with van der Waals surface area (Å²) in [5, 5.41) is 3.01. The minimum atomic E-state index is -3.56. The Hall–Kier alpha value is -4.54. The van der Waals surface area contributed by atoms with Crippen LogP contribution in [0.4, 0.5) is 0 Å². The summed E-state index contributed by atoms with van der Waals surface area (Å²) in [6.07, 6.45) is 5.57. The van der Waals surface area contributed by atoms with Gasteiger partial charge in [0, 0.05) is 37.9 Å². The first-order chi connectivity index (χ1) is 21.3. The maximum atomic E-state index is 14.0. The molecule has 1 heterocycles. The number of ether oxygens (including phenoxy) is 1. The van der Waals surface area contributed by atoms with Crippen LogP contribution in [0.25, 0.3) is 0 Å². The average molecular weight is 613 g/mol. The molecule has 1 atom stereocenters. The molecule has 0 radical (unpaired) electrons. The number of carbonyl (C=O) groups excluding carboxylic acids is 2. The van der Waals surface area contributed by atoms with Crippen LogP contribution in [0.5, 0.6) is 5.75 Å². The molecule has 1 aliphatic rings. The van der Waals surface area contributed by atoms with Crippen LogP contribution in [0, 0.1) is 0 Å². The van der Waals surface area contributed by atoms with E-state index in [-0.39, 0.29) is 35.7 Å². The summed E-state index contributed by atoms with van der Waals surface area (Å²) in [5.41, 5.74) is 3.26. The molecule has 3 aromatic carbocycles. The summed E-state index contributed by atoms with van der Waals surface area (Å²) in [4.78, 5) is 33.7. The Morgan fingerprint density at radius 2 is 1.55 bits per heavy atom. The summed E-state index contributed by atoms with van der Waals surface area (Å²) < 4.78 is 33.1. The van der Waals surface area contributed by atoms with Crippen molar-refractivity contribution >= 4 is 21.8 Å².